The number of aromatic amines is 1. The van der Waals surface area contributed by atoms with Crippen molar-refractivity contribution in [3.05, 3.63) is 30.1 Å². The number of hydrogen-bond acceptors (Lipinski definition) is 4. The highest BCUT2D eigenvalue weighted by atomic mass is 16.2. The van der Waals surface area contributed by atoms with Crippen molar-refractivity contribution in [3.63, 3.8) is 0 Å². The number of likely N-dealkylation sites (tertiary alicyclic amines) is 1. The monoisotopic (exact) mass is 409 g/mol. The Kier molecular flexibility index (Phi) is 6.05. The number of H-pyrrole nitrogens is 1. The van der Waals surface area contributed by atoms with E-state index < -0.39 is 0 Å². The number of aromatic nitrogens is 2. The molecule has 1 N–H and O–H groups in total. The Morgan fingerprint density at radius 1 is 0.933 bits per heavy atom. The Morgan fingerprint density at radius 2 is 1.67 bits per heavy atom. The van der Waals surface area contributed by atoms with Crippen LogP contribution >= 0.6 is 0 Å². The lowest BCUT2D eigenvalue weighted by Crippen LogP contribution is -2.54. The quantitative estimate of drug-likeness (QED) is 0.842. The maximum atomic E-state index is 13.1. The lowest BCUT2D eigenvalue weighted by atomic mass is 9.93. The van der Waals surface area contributed by atoms with Gasteiger partial charge in [-0.15, -0.1) is 0 Å². The second-order valence-corrected chi connectivity index (χ2v) is 9.40. The zero-order chi connectivity index (χ0) is 20.3. The van der Waals surface area contributed by atoms with Gasteiger partial charge in [0.15, 0.2) is 0 Å². The molecule has 1 aromatic carbocycles. The summed E-state index contributed by atoms with van der Waals surface area (Å²) in [4.78, 5) is 28.5. The Bertz CT molecular complexity index is 809. The van der Waals surface area contributed by atoms with E-state index in [1.807, 2.05) is 18.2 Å². The van der Waals surface area contributed by atoms with Crippen LogP contribution < -0.4 is 0 Å². The molecule has 3 heterocycles. The number of rotatable bonds is 4. The lowest BCUT2D eigenvalue weighted by Gasteiger charge is -2.42. The van der Waals surface area contributed by atoms with Gasteiger partial charge in [-0.1, -0.05) is 31.4 Å². The minimum absolute atomic E-state index is 0.207. The third-order valence-corrected chi connectivity index (χ3v) is 7.47. The highest BCUT2D eigenvalue weighted by Crippen LogP contribution is 2.25. The van der Waals surface area contributed by atoms with Gasteiger partial charge in [0.2, 0.25) is 5.91 Å². The van der Waals surface area contributed by atoms with Crippen LogP contribution in [0.15, 0.2) is 24.3 Å². The minimum Gasteiger partial charge on any atom is -0.341 e. The van der Waals surface area contributed by atoms with Crippen molar-refractivity contribution in [2.24, 2.45) is 5.92 Å². The Morgan fingerprint density at radius 3 is 2.40 bits per heavy atom. The summed E-state index contributed by atoms with van der Waals surface area (Å²) in [6.45, 7) is 6.80. The number of imidazole rings is 1. The topological polar surface area (TPSA) is 55.5 Å². The molecule has 2 saturated heterocycles. The third-order valence-electron chi connectivity index (χ3n) is 7.47. The average Bonchev–Trinajstić information content (AvgIpc) is 3.22. The summed E-state index contributed by atoms with van der Waals surface area (Å²) < 4.78 is 0. The first kappa shape index (κ1) is 20.0. The predicted octanol–water partition coefficient (Wildman–Crippen LogP) is 3.25. The van der Waals surface area contributed by atoms with Gasteiger partial charge in [0, 0.05) is 38.1 Å². The van der Waals surface area contributed by atoms with E-state index in [2.05, 4.69) is 25.8 Å². The van der Waals surface area contributed by atoms with Crippen LogP contribution in [0.25, 0.3) is 11.0 Å². The van der Waals surface area contributed by atoms with Crippen molar-refractivity contribution in [3.8, 4) is 0 Å². The number of piperidine rings is 1. The summed E-state index contributed by atoms with van der Waals surface area (Å²) in [7, 11) is 0. The normalized spacial score (nSPS) is 23.3. The number of para-hydroxylation sites is 2. The van der Waals surface area contributed by atoms with Crippen molar-refractivity contribution in [1.29, 1.82) is 0 Å². The standard InChI is InChI=1S/C24H35N5O/c30-24(29-16-14-28(15-17-29)20-6-2-1-3-7-20)19-10-12-27(13-11-19)18-23-25-21-8-4-5-9-22(21)26-23/h4-5,8-9,19-20H,1-3,6-7,10-18H2,(H,25,26). The van der Waals surface area contributed by atoms with E-state index >= 15 is 0 Å². The van der Waals surface area contributed by atoms with Crippen LogP contribution in [0.3, 0.4) is 0 Å². The Labute approximate surface area is 179 Å². The van der Waals surface area contributed by atoms with Crippen molar-refractivity contribution >= 4 is 16.9 Å². The molecule has 6 heteroatoms. The van der Waals surface area contributed by atoms with E-state index in [1.54, 1.807) is 0 Å². The number of benzene rings is 1. The zero-order valence-electron chi connectivity index (χ0n) is 18.1. The van der Waals surface area contributed by atoms with E-state index in [0.717, 1.165) is 81.6 Å². The maximum Gasteiger partial charge on any atom is 0.225 e. The molecule has 5 rings (SSSR count). The van der Waals surface area contributed by atoms with Crippen LogP contribution in [0.4, 0.5) is 0 Å². The second kappa shape index (κ2) is 9.06. The smallest absolute Gasteiger partial charge is 0.225 e. The molecule has 2 aromatic rings. The largest absolute Gasteiger partial charge is 0.341 e. The SMILES string of the molecule is O=C(C1CCN(Cc2nc3ccccc3[nH]2)CC1)N1CCN(C2CCCCC2)CC1. The van der Waals surface area contributed by atoms with Crippen molar-refractivity contribution in [1.82, 2.24) is 24.7 Å². The Balaban J connectivity index is 1.08. The first-order chi connectivity index (χ1) is 14.8. The molecular formula is C24H35N5O. The van der Waals surface area contributed by atoms with Gasteiger partial charge in [-0.05, 0) is 50.9 Å². The van der Waals surface area contributed by atoms with Gasteiger partial charge < -0.3 is 9.88 Å². The molecule has 6 nitrogen and oxygen atoms in total. The average molecular weight is 410 g/mol. The molecular weight excluding hydrogens is 374 g/mol. The van der Waals surface area contributed by atoms with Gasteiger partial charge in [-0.25, -0.2) is 4.98 Å². The fourth-order valence-electron chi connectivity index (χ4n) is 5.64. The zero-order valence-corrected chi connectivity index (χ0v) is 18.1. The third kappa shape index (κ3) is 4.40. The van der Waals surface area contributed by atoms with Gasteiger partial charge in [-0.3, -0.25) is 14.6 Å². The van der Waals surface area contributed by atoms with E-state index in [4.69, 9.17) is 4.98 Å². The number of nitrogens with zero attached hydrogens (tertiary/aromatic N) is 4. The van der Waals surface area contributed by atoms with Crippen molar-refractivity contribution < 1.29 is 4.79 Å². The molecule has 0 bridgehead atoms. The molecule has 1 aliphatic carbocycles. The summed E-state index contributed by atoms with van der Waals surface area (Å²) in [6, 6.07) is 8.96. The molecule has 1 aromatic heterocycles. The number of carbonyl (C=O) groups excluding carboxylic acids is 1. The molecule has 162 valence electrons. The first-order valence-corrected chi connectivity index (χ1v) is 11.9. The number of carbonyl (C=O) groups is 1. The molecule has 3 fully saturated rings. The van der Waals surface area contributed by atoms with Gasteiger partial charge in [0.25, 0.3) is 0 Å². The summed E-state index contributed by atoms with van der Waals surface area (Å²) >= 11 is 0. The first-order valence-electron chi connectivity index (χ1n) is 11.9. The molecule has 1 saturated carbocycles. The summed E-state index contributed by atoms with van der Waals surface area (Å²) in [5, 5.41) is 0. The minimum atomic E-state index is 0.207. The van der Waals surface area contributed by atoms with Crippen LogP contribution in [-0.4, -0.2) is 75.9 Å². The van der Waals surface area contributed by atoms with E-state index in [0.29, 0.717) is 5.91 Å². The molecule has 0 unspecified atom stereocenters. The number of fused-ring (bicyclic) bond motifs is 1. The summed E-state index contributed by atoms with van der Waals surface area (Å²) in [5.74, 6) is 1.64. The number of hydrogen-bond donors (Lipinski definition) is 1. The molecule has 2 aliphatic heterocycles. The van der Waals surface area contributed by atoms with Crippen LogP contribution in [0.5, 0.6) is 0 Å². The van der Waals surface area contributed by atoms with E-state index in [-0.39, 0.29) is 5.92 Å². The highest BCUT2D eigenvalue weighted by molar-refractivity contribution is 5.79. The van der Waals surface area contributed by atoms with Gasteiger partial charge in [0.1, 0.15) is 5.82 Å². The number of piperazine rings is 1. The van der Waals surface area contributed by atoms with E-state index in [9.17, 15) is 4.79 Å². The number of nitrogens with one attached hydrogen (secondary N) is 1. The summed E-state index contributed by atoms with van der Waals surface area (Å²) in [6.07, 6.45) is 8.84. The highest BCUT2D eigenvalue weighted by Gasteiger charge is 2.32. The van der Waals surface area contributed by atoms with Gasteiger partial charge in [0.05, 0.1) is 17.6 Å². The predicted molar refractivity (Wildman–Crippen MR) is 119 cm³/mol. The van der Waals surface area contributed by atoms with Crippen LogP contribution in [0.2, 0.25) is 0 Å². The Hall–Kier alpha value is -1.92. The van der Waals surface area contributed by atoms with Crippen LogP contribution in [0, 0.1) is 5.92 Å². The number of amides is 1. The molecule has 0 radical (unpaired) electrons. The molecule has 1 amide bonds. The van der Waals surface area contributed by atoms with Crippen LogP contribution in [-0.2, 0) is 11.3 Å². The molecule has 0 spiro atoms. The lowest BCUT2D eigenvalue weighted by molar-refractivity contribution is -0.139. The van der Waals surface area contributed by atoms with Gasteiger partial charge in [-0.2, -0.15) is 0 Å². The van der Waals surface area contributed by atoms with Crippen molar-refractivity contribution in [2.45, 2.75) is 57.5 Å². The maximum absolute atomic E-state index is 13.1. The van der Waals surface area contributed by atoms with Gasteiger partial charge >= 0.3 is 0 Å². The van der Waals surface area contributed by atoms with E-state index in [1.165, 1.54) is 32.1 Å². The molecule has 0 atom stereocenters. The molecule has 3 aliphatic rings. The second-order valence-electron chi connectivity index (χ2n) is 9.40. The molecule has 30 heavy (non-hydrogen) atoms. The summed E-state index contributed by atoms with van der Waals surface area (Å²) in [5.41, 5.74) is 2.13. The van der Waals surface area contributed by atoms with Crippen LogP contribution in [0.1, 0.15) is 50.8 Å². The van der Waals surface area contributed by atoms with Crippen molar-refractivity contribution in [2.75, 3.05) is 39.3 Å². The fraction of sp³-hybridized carbons (Fsp3) is 0.667. The fourth-order valence-corrected chi connectivity index (χ4v) is 5.64.